The van der Waals surface area contributed by atoms with Crippen LogP contribution in [0.1, 0.15) is 37.1 Å². The first kappa shape index (κ1) is 16.0. The zero-order valence-electron chi connectivity index (χ0n) is 13.5. The predicted octanol–water partition coefficient (Wildman–Crippen LogP) is 2.89. The molecule has 0 unspecified atom stereocenters. The third kappa shape index (κ3) is 4.10. The summed E-state index contributed by atoms with van der Waals surface area (Å²) >= 11 is 1.74. The molecule has 1 amide bonds. The molecular formula is C16H21N5OS. The van der Waals surface area contributed by atoms with Crippen molar-refractivity contribution in [1.29, 1.82) is 0 Å². The number of aryl methyl sites for hydroxylation is 2. The average Bonchev–Trinajstić information content (AvgIpc) is 3.15. The number of aromatic nitrogens is 4. The third-order valence-electron chi connectivity index (χ3n) is 3.90. The summed E-state index contributed by atoms with van der Waals surface area (Å²) in [6.07, 6.45) is 6.49. The molecule has 23 heavy (non-hydrogen) atoms. The number of nitrogens with zero attached hydrogens (tertiary/aromatic N) is 4. The first-order valence-electron chi connectivity index (χ1n) is 7.89. The highest BCUT2D eigenvalue weighted by atomic mass is 32.2. The van der Waals surface area contributed by atoms with Gasteiger partial charge in [0.25, 0.3) is 0 Å². The molecule has 0 atom stereocenters. The molecular weight excluding hydrogens is 310 g/mol. The Bertz CT molecular complexity index is 694. The molecule has 0 aromatic carbocycles. The van der Waals surface area contributed by atoms with E-state index in [9.17, 15) is 4.79 Å². The van der Waals surface area contributed by atoms with Gasteiger partial charge in [0.15, 0.2) is 5.82 Å². The van der Waals surface area contributed by atoms with E-state index in [0.717, 1.165) is 11.4 Å². The fourth-order valence-electron chi connectivity index (χ4n) is 2.82. The normalized spacial score (nSPS) is 15.0. The lowest BCUT2D eigenvalue weighted by Crippen LogP contribution is -2.17. The molecule has 0 spiro atoms. The highest BCUT2D eigenvalue weighted by Gasteiger charge is 2.17. The molecule has 0 bridgehead atoms. The van der Waals surface area contributed by atoms with Gasteiger partial charge in [-0.1, -0.05) is 12.8 Å². The van der Waals surface area contributed by atoms with E-state index in [2.05, 4.69) is 20.4 Å². The summed E-state index contributed by atoms with van der Waals surface area (Å²) in [5.41, 5.74) is 1.93. The van der Waals surface area contributed by atoms with Crippen LogP contribution in [0.3, 0.4) is 0 Å². The number of amides is 1. The molecule has 0 saturated heterocycles. The van der Waals surface area contributed by atoms with E-state index in [-0.39, 0.29) is 5.91 Å². The van der Waals surface area contributed by atoms with Gasteiger partial charge in [0.05, 0.1) is 11.4 Å². The molecule has 2 aromatic heterocycles. The maximum atomic E-state index is 12.1. The Morgan fingerprint density at radius 1 is 1.30 bits per heavy atom. The van der Waals surface area contributed by atoms with Gasteiger partial charge in [0.2, 0.25) is 5.91 Å². The maximum absolute atomic E-state index is 12.1. The van der Waals surface area contributed by atoms with Gasteiger partial charge in [0.1, 0.15) is 12.1 Å². The van der Waals surface area contributed by atoms with Gasteiger partial charge in [0, 0.05) is 17.0 Å². The van der Waals surface area contributed by atoms with Crippen molar-refractivity contribution in [3.05, 3.63) is 29.8 Å². The van der Waals surface area contributed by atoms with Gasteiger partial charge in [-0.15, -0.1) is 11.8 Å². The van der Waals surface area contributed by atoms with Crippen LogP contribution in [0.5, 0.6) is 0 Å². The Labute approximate surface area is 140 Å². The zero-order chi connectivity index (χ0) is 16.2. The van der Waals surface area contributed by atoms with E-state index < -0.39 is 0 Å². The average molecular weight is 331 g/mol. The van der Waals surface area contributed by atoms with Crippen molar-refractivity contribution in [2.24, 2.45) is 0 Å². The smallest absolute Gasteiger partial charge is 0.235 e. The number of hydrogen-bond acceptors (Lipinski definition) is 5. The molecule has 0 radical (unpaired) electrons. The minimum Gasteiger partial charge on any atom is -0.310 e. The van der Waals surface area contributed by atoms with Gasteiger partial charge in [-0.3, -0.25) is 4.79 Å². The van der Waals surface area contributed by atoms with Crippen LogP contribution < -0.4 is 5.32 Å². The van der Waals surface area contributed by atoms with E-state index >= 15 is 0 Å². The fraction of sp³-hybridized carbons (Fsp3) is 0.500. The van der Waals surface area contributed by atoms with Crippen LogP contribution in [0.4, 0.5) is 5.82 Å². The Morgan fingerprint density at radius 3 is 2.78 bits per heavy atom. The molecule has 6 nitrogen and oxygen atoms in total. The zero-order valence-corrected chi connectivity index (χ0v) is 14.3. The summed E-state index contributed by atoms with van der Waals surface area (Å²) in [6.45, 7) is 3.91. The molecule has 0 aliphatic heterocycles. The van der Waals surface area contributed by atoms with Gasteiger partial charge in [-0.05, 0) is 32.8 Å². The lowest BCUT2D eigenvalue weighted by atomic mass is 10.4. The number of anilines is 1. The number of carbonyl (C=O) groups is 1. The quantitative estimate of drug-likeness (QED) is 0.912. The van der Waals surface area contributed by atoms with Crippen LogP contribution in [0, 0.1) is 13.8 Å². The van der Waals surface area contributed by atoms with Crippen molar-refractivity contribution in [2.45, 2.75) is 44.8 Å². The van der Waals surface area contributed by atoms with Crippen LogP contribution in [-0.4, -0.2) is 36.7 Å². The van der Waals surface area contributed by atoms with Crippen LogP contribution >= 0.6 is 11.8 Å². The second kappa shape index (κ2) is 7.12. The number of carbonyl (C=O) groups excluding carboxylic acids is 1. The number of thioether (sulfide) groups is 1. The van der Waals surface area contributed by atoms with Crippen LogP contribution in [-0.2, 0) is 4.79 Å². The SMILES string of the molecule is Cc1cc(C)n(-c2cc(NC(=O)CSC3CCCC3)ncn2)n1. The van der Waals surface area contributed by atoms with Gasteiger partial charge in [-0.2, -0.15) is 5.10 Å². The van der Waals surface area contributed by atoms with Crippen molar-refractivity contribution in [3.63, 3.8) is 0 Å². The third-order valence-corrected chi connectivity index (χ3v) is 5.27. The van der Waals surface area contributed by atoms with E-state index in [1.807, 2.05) is 19.9 Å². The molecule has 1 fully saturated rings. The molecule has 1 aliphatic rings. The van der Waals surface area contributed by atoms with Crippen LogP contribution in [0.2, 0.25) is 0 Å². The summed E-state index contributed by atoms with van der Waals surface area (Å²) < 4.78 is 1.75. The fourth-order valence-corrected chi connectivity index (χ4v) is 3.95. The first-order chi connectivity index (χ1) is 11.1. The second-order valence-electron chi connectivity index (χ2n) is 5.87. The minimum atomic E-state index is -0.0140. The molecule has 7 heteroatoms. The lowest BCUT2D eigenvalue weighted by molar-refractivity contribution is -0.113. The largest absolute Gasteiger partial charge is 0.310 e. The van der Waals surface area contributed by atoms with Crippen LogP contribution in [0.25, 0.3) is 5.82 Å². The van der Waals surface area contributed by atoms with Crippen LogP contribution in [0.15, 0.2) is 18.5 Å². The van der Waals surface area contributed by atoms with Gasteiger partial charge >= 0.3 is 0 Å². The van der Waals surface area contributed by atoms with E-state index in [4.69, 9.17) is 0 Å². The summed E-state index contributed by atoms with van der Waals surface area (Å²) in [6, 6.07) is 3.73. The lowest BCUT2D eigenvalue weighted by Gasteiger charge is -2.09. The number of rotatable bonds is 5. The number of hydrogen-bond donors (Lipinski definition) is 1. The monoisotopic (exact) mass is 331 g/mol. The Kier molecular flexibility index (Phi) is 4.95. The molecule has 122 valence electrons. The molecule has 3 rings (SSSR count). The second-order valence-corrected chi connectivity index (χ2v) is 7.15. The predicted molar refractivity (Wildman–Crippen MR) is 92.0 cm³/mol. The topological polar surface area (TPSA) is 72.7 Å². The molecule has 1 N–H and O–H groups in total. The van der Waals surface area contributed by atoms with Crippen molar-refractivity contribution in [2.75, 3.05) is 11.1 Å². The first-order valence-corrected chi connectivity index (χ1v) is 8.94. The van der Waals surface area contributed by atoms with Gasteiger partial charge in [-0.25, -0.2) is 14.6 Å². The molecule has 1 aliphatic carbocycles. The highest BCUT2D eigenvalue weighted by Crippen LogP contribution is 2.29. The van der Waals surface area contributed by atoms with E-state index in [1.165, 1.54) is 32.0 Å². The van der Waals surface area contributed by atoms with Crippen molar-refractivity contribution < 1.29 is 4.79 Å². The summed E-state index contributed by atoms with van der Waals surface area (Å²) in [4.78, 5) is 20.4. The Morgan fingerprint density at radius 2 is 2.09 bits per heavy atom. The van der Waals surface area contributed by atoms with Crippen molar-refractivity contribution >= 4 is 23.5 Å². The van der Waals surface area contributed by atoms with E-state index in [0.29, 0.717) is 22.6 Å². The summed E-state index contributed by atoms with van der Waals surface area (Å²) in [7, 11) is 0. The van der Waals surface area contributed by atoms with E-state index in [1.54, 1.807) is 22.5 Å². The standard InChI is InChI=1S/C16H21N5OS/c1-11-7-12(2)21(20-11)15-8-14(17-10-18-15)19-16(22)9-23-13-5-3-4-6-13/h7-8,10,13H,3-6,9H2,1-2H3,(H,17,18,19,22). The molecule has 2 heterocycles. The Hall–Kier alpha value is -1.89. The Balaban J connectivity index is 1.63. The molecule has 2 aromatic rings. The summed E-state index contributed by atoms with van der Waals surface area (Å²) in [5.74, 6) is 1.63. The number of nitrogens with one attached hydrogen (secondary N) is 1. The maximum Gasteiger partial charge on any atom is 0.235 e. The molecule has 1 saturated carbocycles. The highest BCUT2D eigenvalue weighted by molar-refractivity contribution is 8.00. The summed E-state index contributed by atoms with van der Waals surface area (Å²) in [5, 5.41) is 7.88. The van der Waals surface area contributed by atoms with Gasteiger partial charge < -0.3 is 5.32 Å². The minimum absolute atomic E-state index is 0.0140. The van der Waals surface area contributed by atoms with Crippen molar-refractivity contribution in [3.8, 4) is 5.82 Å². The van der Waals surface area contributed by atoms with Crippen molar-refractivity contribution in [1.82, 2.24) is 19.7 Å².